The number of unbranched alkanes of at least 4 members (excludes halogenated alkanes) is 3. The van der Waals surface area contributed by atoms with Gasteiger partial charge in [-0.2, -0.15) is 0 Å². The lowest BCUT2D eigenvalue weighted by molar-refractivity contribution is 0.0717. The Morgan fingerprint density at radius 2 is 2.05 bits per heavy atom. The van der Waals surface area contributed by atoms with Gasteiger partial charge in [-0.1, -0.05) is 42.1 Å². The number of amides is 1. The fourth-order valence-corrected chi connectivity index (χ4v) is 2.92. The van der Waals surface area contributed by atoms with Gasteiger partial charge in [-0.05, 0) is 47.2 Å². The summed E-state index contributed by atoms with van der Waals surface area (Å²) in [6.07, 6.45) is 4.48. The molecule has 0 unspecified atom stereocenters. The molecule has 0 radical (unpaired) electrons. The molecule has 1 amide bonds. The smallest absolute Gasteiger partial charge is 0.255 e. The highest BCUT2D eigenvalue weighted by Gasteiger charge is 2.17. The fourth-order valence-electron chi connectivity index (χ4n) is 2.00. The molecule has 1 aromatic rings. The molecule has 112 valence electrons. The van der Waals surface area contributed by atoms with Crippen molar-refractivity contribution < 1.29 is 9.90 Å². The Bertz CT molecular complexity index is 440. The highest BCUT2D eigenvalue weighted by Crippen LogP contribution is 2.20. The largest absolute Gasteiger partial charge is 0.395 e. The zero-order valence-electron chi connectivity index (χ0n) is 11.7. The second-order valence-corrected chi connectivity index (χ2v) is 6.78. The van der Waals surface area contributed by atoms with Gasteiger partial charge in [-0.25, -0.2) is 0 Å². The Balaban J connectivity index is 2.74. The zero-order valence-corrected chi connectivity index (χ0v) is 15.5. The van der Waals surface area contributed by atoms with Crippen LogP contribution < -0.4 is 0 Å². The molecule has 0 saturated carbocycles. The van der Waals surface area contributed by atoms with Crippen molar-refractivity contribution in [2.75, 3.05) is 19.7 Å². The van der Waals surface area contributed by atoms with Crippen LogP contribution in [0.1, 0.15) is 43.0 Å². The summed E-state index contributed by atoms with van der Waals surface area (Å²) in [5.74, 6) is 0.00116. The van der Waals surface area contributed by atoms with Crippen LogP contribution in [0.3, 0.4) is 0 Å². The van der Waals surface area contributed by atoms with Crippen LogP contribution in [0.2, 0.25) is 0 Å². The van der Waals surface area contributed by atoms with Gasteiger partial charge in [0.1, 0.15) is 0 Å². The average molecular weight is 454 g/mol. The number of aliphatic hydroxyl groups excluding tert-OH is 1. The fraction of sp³-hybridized carbons (Fsp3) is 0.533. The maximum Gasteiger partial charge on any atom is 0.255 e. The van der Waals surface area contributed by atoms with Crippen LogP contribution in [0.4, 0.5) is 0 Å². The van der Waals surface area contributed by atoms with E-state index in [4.69, 9.17) is 5.11 Å². The number of hydrogen-bond acceptors (Lipinski definition) is 2. The molecule has 1 N–H and O–H groups in total. The van der Waals surface area contributed by atoms with Gasteiger partial charge in [-0.3, -0.25) is 4.79 Å². The van der Waals surface area contributed by atoms with Gasteiger partial charge in [-0.15, -0.1) is 0 Å². The molecule has 0 atom stereocenters. The standard InChI is InChI=1S/C15H21BrINO2/c1-2-3-4-5-8-18(9-10-19)15(20)13-11-12(16)6-7-14(13)17/h6-7,11,19H,2-5,8-10H2,1H3. The van der Waals surface area contributed by atoms with E-state index < -0.39 is 0 Å². The van der Waals surface area contributed by atoms with Gasteiger partial charge in [0, 0.05) is 21.1 Å². The van der Waals surface area contributed by atoms with Crippen molar-refractivity contribution in [1.29, 1.82) is 0 Å². The van der Waals surface area contributed by atoms with E-state index in [1.165, 1.54) is 12.8 Å². The lowest BCUT2D eigenvalue weighted by atomic mass is 10.1. The van der Waals surface area contributed by atoms with Crippen LogP contribution >= 0.6 is 38.5 Å². The van der Waals surface area contributed by atoms with Crippen LogP contribution in [-0.2, 0) is 0 Å². The lowest BCUT2D eigenvalue weighted by Crippen LogP contribution is -2.35. The first-order chi connectivity index (χ1) is 9.60. The number of rotatable bonds is 8. The third-order valence-electron chi connectivity index (χ3n) is 3.10. The van der Waals surface area contributed by atoms with E-state index in [2.05, 4.69) is 45.4 Å². The molecule has 0 saturated heterocycles. The summed E-state index contributed by atoms with van der Waals surface area (Å²) in [6.45, 7) is 3.28. The van der Waals surface area contributed by atoms with Gasteiger partial charge < -0.3 is 10.0 Å². The van der Waals surface area contributed by atoms with Gasteiger partial charge >= 0.3 is 0 Å². The van der Waals surface area contributed by atoms with E-state index in [1.54, 1.807) is 4.90 Å². The van der Waals surface area contributed by atoms with Crippen molar-refractivity contribution in [3.05, 3.63) is 31.8 Å². The summed E-state index contributed by atoms with van der Waals surface area (Å²) in [7, 11) is 0. The number of nitrogens with zero attached hydrogens (tertiary/aromatic N) is 1. The Labute approximate surface area is 143 Å². The van der Waals surface area contributed by atoms with Crippen LogP contribution in [0.15, 0.2) is 22.7 Å². The van der Waals surface area contributed by atoms with Crippen LogP contribution in [-0.4, -0.2) is 35.6 Å². The molecule has 1 aromatic carbocycles. The normalized spacial score (nSPS) is 10.6. The minimum absolute atomic E-state index is 0.00116. The monoisotopic (exact) mass is 453 g/mol. The summed E-state index contributed by atoms with van der Waals surface area (Å²) >= 11 is 5.58. The molecule has 0 fully saturated rings. The van der Waals surface area contributed by atoms with E-state index in [9.17, 15) is 4.79 Å². The average Bonchev–Trinajstić information content (AvgIpc) is 2.44. The van der Waals surface area contributed by atoms with Gasteiger partial charge in [0.05, 0.1) is 12.2 Å². The van der Waals surface area contributed by atoms with E-state index in [0.29, 0.717) is 18.7 Å². The van der Waals surface area contributed by atoms with Gasteiger partial charge in [0.2, 0.25) is 0 Å². The van der Waals surface area contributed by atoms with Crippen molar-refractivity contribution in [3.8, 4) is 0 Å². The molecule has 0 aliphatic heterocycles. The molecular weight excluding hydrogens is 433 g/mol. The molecular formula is C15H21BrINO2. The van der Waals surface area contributed by atoms with Crippen LogP contribution in [0.5, 0.6) is 0 Å². The van der Waals surface area contributed by atoms with E-state index in [1.807, 2.05) is 18.2 Å². The molecule has 0 spiro atoms. The third-order valence-corrected chi connectivity index (χ3v) is 4.53. The van der Waals surface area contributed by atoms with Crippen molar-refractivity contribution >= 4 is 44.4 Å². The predicted octanol–water partition coefficient (Wildman–Crippen LogP) is 4.07. The first-order valence-electron chi connectivity index (χ1n) is 6.95. The number of hydrogen-bond donors (Lipinski definition) is 1. The van der Waals surface area contributed by atoms with Gasteiger partial charge in [0.25, 0.3) is 5.91 Å². The molecule has 1 rings (SSSR count). The Hall–Kier alpha value is -0.140. The highest BCUT2D eigenvalue weighted by molar-refractivity contribution is 14.1. The summed E-state index contributed by atoms with van der Waals surface area (Å²) < 4.78 is 1.84. The maximum absolute atomic E-state index is 12.6. The topological polar surface area (TPSA) is 40.5 Å². The molecule has 0 heterocycles. The predicted molar refractivity (Wildman–Crippen MR) is 94.0 cm³/mol. The Kier molecular flexibility index (Phi) is 8.72. The zero-order chi connectivity index (χ0) is 15.0. The summed E-state index contributed by atoms with van der Waals surface area (Å²) in [6, 6.07) is 5.70. The molecule has 0 aromatic heterocycles. The van der Waals surface area contributed by atoms with Gasteiger partial charge in [0.15, 0.2) is 0 Å². The number of carbonyl (C=O) groups excluding carboxylic acids is 1. The summed E-state index contributed by atoms with van der Waals surface area (Å²) in [5.41, 5.74) is 0.698. The number of halogens is 2. The quantitative estimate of drug-likeness (QED) is 0.476. The second-order valence-electron chi connectivity index (χ2n) is 4.70. The van der Waals surface area contributed by atoms with Crippen molar-refractivity contribution in [3.63, 3.8) is 0 Å². The number of aliphatic hydroxyl groups is 1. The van der Waals surface area contributed by atoms with E-state index in [0.717, 1.165) is 20.9 Å². The molecule has 5 heteroatoms. The maximum atomic E-state index is 12.6. The molecule has 0 bridgehead atoms. The minimum Gasteiger partial charge on any atom is -0.395 e. The Morgan fingerprint density at radius 3 is 2.70 bits per heavy atom. The van der Waals surface area contributed by atoms with Crippen molar-refractivity contribution in [2.45, 2.75) is 32.6 Å². The highest BCUT2D eigenvalue weighted by atomic mass is 127. The molecule has 20 heavy (non-hydrogen) atoms. The molecule has 0 aliphatic rings. The van der Waals surface area contributed by atoms with E-state index >= 15 is 0 Å². The van der Waals surface area contributed by atoms with E-state index in [-0.39, 0.29) is 12.5 Å². The van der Waals surface area contributed by atoms with Crippen LogP contribution in [0.25, 0.3) is 0 Å². The molecule has 3 nitrogen and oxygen atoms in total. The summed E-state index contributed by atoms with van der Waals surface area (Å²) in [5, 5.41) is 9.15. The van der Waals surface area contributed by atoms with Crippen LogP contribution in [0, 0.1) is 3.57 Å². The first kappa shape index (κ1) is 17.9. The first-order valence-corrected chi connectivity index (χ1v) is 8.82. The number of carbonyl (C=O) groups is 1. The second kappa shape index (κ2) is 9.73. The SMILES string of the molecule is CCCCCCN(CCO)C(=O)c1cc(Br)ccc1I. The molecule has 0 aliphatic carbocycles. The van der Waals surface area contributed by atoms with Crippen molar-refractivity contribution in [2.24, 2.45) is 0 Å². The lowest BCUT2D eigenvalue weighted by Gasteiger charge is -2.22. The number of benzene rings is 1. The third kappa shape index (κ3) is 5.69. The minimum atomic E-state index is 0.00116. The Morgan fingerprint density at radius 1 is 1.30 bits per heavy atom. The van der Waals surface area contributed by atoms with Crippen molar-refractivity contribution in [1.82, 2.24) is 4.90 Å². The summed E-state index contributed by atoms with van der Waals surface area (Å²) in [4.78, 5) is 14.3.